The van der Waals surface area contributed by atoms with Crippen LogP contribution in [0.3, 0.4) is 0 Å². The Morgan fingerprint density at radius 1 is 1.29 bits per heavy atom. The summed E-state index contributed by atoms with van der Waals surface area (Å²) in [7, 11) is 3.43. The molecule has 0 saturated carbocycles. The predicted octanol–water partition coefficient (Wildman–Crippen LogP) is 3.77. The summed E-state index contributed by atoms with van der Waals surface area (Å²) in [4.78, 5) is 17.4. The van der Waals surface area contributed by atoms with Gasteiger partial charge in [0, 0.05) is 49.2 Å². The van der Waals surface area contributed by atoms with Crippen molar-refractivity contribution in [2.75, 3.05) is 36.3 Å². The summed E-state index contributed by atoms with van der Waals surface area (Å²) in [5, 5.41) is 26.7. The molecule has 0 spiro atoms. The number of amides is 1. The van der Waals surface area contributed by atoms with Crippen LogP contribution < -0.4 is 38.0 Å². The van der Waals surface area contributed by atoms with Gasteiger partial charge in [-0.25, -0.2) is 10.2 Å². The first-order valence-corrected chi connectivity index (χ1v) is 13.3. The fourth-order valence-electron chi connectivity index (χ4n) is 4.28. The molecule has 11 nitrogen and oxygen atoms in total. The molecule has 0 saturated heterocycles. The maximum Gasteiger partial charge on any atom is 0.244 e. The summed E-state index contributed by atoms with van der Waals surface area (Å²) in [6.45, 7) is 0.748. The van der Waals surface area contributed by atoms with Crippen LogP contribution in [0.5, 0.6) is 0 Å². The van der Waals surface area contributed by atoms with E-state index < -0.39 is 17.8 Å². The van der Waals surface area contributed by atoms with Gasteiger partial charge in [-0.05, 0) is 49.3 Å². The molecule has 41 heavy (non-hydrogen) atoms. The fraction of sp³-hybridized carbons (Fsp3) is 0.286. The van der Waals surface area contributed by atoms with Crippen LogP contribution in [0.1, 0.15) is 36.8 Å². The van der Waals surface area contributed by atoms with Gasteiger partial charge in [-0.2, -0.15) is 10.4 Å². The van der Waals surface area contributed by atoms with E-state index >= 15 is 0 Å². The summed E-state index contributed by atoms with van der Waals surface area (Å²) in [5.41, 5.74) is 3.12. The highest BCUT2D eigenvalue weighted by Crippen LogP contribution is 2.28. The summed E-state index contributed by atoms with van der Waals surface area (Å²) in [5.74, 6) is 10.2. The molecule has 0 bridgehead atoms. The SMILES string of the molecule is CN=C1N/C(C#N)=C/c2ccc(NC)cc2NCCCCC[C@@H]1NC(=O)/C=C/c1c(N(N)/C=N\N)ccc(Cl)c1F. The van der Waals surface area contributed by atoms with Crippen LogP contribution in [-0.4, -0.2) is 44.8 Å². The van der Waals surface area contributed by atoms with E-state index in [1.807, 2.05) is 25.2 Å². The highest BCUT2D eigenvalue weighted by atomic mass is 35.5. The van der Waals surface area contributed by atoms with E-state index in [0.717, 1.165) is 54.1 Å². The summed E-state index contributed by atoms with van der Waals surface area (Å²) >= 11 is 5.96. The zero-order valence-corrected chi connectivity index (χ0v) is 23.7. The standard InChI is InChI=1S/C28H34ClFN10O/c1-34-19-8-7-18-14-20(16-31)38-28(35-2)23(6-4-3-5-13-36-24(18)15-19)39-26(41)12-9-21-25(40(33)17-37-32)11-10-22(29)27(21)30/h7-12,14-15,17,23,34,36H,3-6,13,32-33H2,1-2H3,(H,35,38)(H,39,41)/b12-9+,20-14+,37-17-/t23-/m0/s1. The van der Waals surface area contributed by atoms with Crippen LogP contribution >= 0.6 is 11.6 Å². The Hall–Kier alpha value is -4.60. The molecule has 216 valence electrons. The minimum atomic E-state index is -0.756. The van der Waals surface area contributed by atoms with E-state index in [9.17, 15) is 14.4 Å². The molecule has 3 rings (SSSR count). The van der Waals surface area contributed by atoms with Crippen LogP contribution in [0.15, 0.2) is 52.2 Å². The quantitative estimate of drug-likeness (QED) is 0.0986. The van der Waals surface area contributed by atoms with Crippen molar-refractivity contribution in [3.8, 4) is 6.07 Å². The third-order valence-corrected chi connectivity index (χ3v) is 6.67. The third-order valence-electron chi connectivity index (χ3n) is 6.38. The van der Waals surface area contributed by atoms with Gasteiger partial charge < -0.3 is 27.1 Å². The maximum atomic E-state index is 14.9. The first-order valence-electron chi connectivity index (χ1n) is 13.0. The second-order valence-electron chi connectivity index (χ2n) is 9.09. The Labute approximate surface area is 243 Å². The van der Waals surface area contributed by atoms with Gasteiger partial charge in [0.05, 0.1) is 16.8 Å². The van der Waals surface area contributed by atoms with Gasteiger partial charge in [-0.3, -0.25) is 14.8 Å². The van der Waals surface area contributed by atoms with E-state index in [1.165, 1.54) is 24.3 Å². The Bertz CT molecular complexity index is 1400. The van der Waals surface area contributed by atoms with Gasteiger partial charge in [0.1, 0.15) is 23.9 Å². The molecule has 13 heteroatoms. The number of nitriles is 1. The minimum absolute atomic E-state index is 0.0187. The molecule has 0 aromatic heterocycles. The van der Waals surface area contributed by atoms with Crippen molar-refractivity contribution in [3.05, 3.63) is 64.1 Å². The smallest absolute Gasteiger partial charge is 0.244 e. The molecule has 1 heterocycles. The first kappa shape index (κ1) is 30.9. The number of amidine groups is 1. The average molecular weight is 581 g/mol. The largest absolute Gasteiger partial charge is 0.388 e. The van der Waals surface area contributed by atoms with E-state index in [2.05, 4.69) is 37.4 Å². The predicted molar refractivity (Wildman–Crippen MR) is 165 cm³/mol. The van der Waals surface area contributed by atoms with Gasteiger partial charge in [0.25, 0.3) is 0 Å². The highest BCUT2D eigenvalue weighted by Gasteiger charge is 2.20. The van der Waals surface area contributed by atoms with E-state index in [-0.39, 0.29) is 22.0 Å². The number of hydrazone groups is 1. The molecule has 1 aliphatic rings. The Morgan fingerprint density at radius 3 is 2.80 bits per heavy atom. The number of nitrogens with one attached hydrogen (secondary N) is 4. The number of nitrogens with zero attached hydrogens (tertiary/aromatic N) is 4. The lowest BCUT2D eigenvalue weighted by atomic mass is 10.1. The number of hydrogen-bond acceptors (Lipinski definition) is 8. The second-order valence-corrected chi connectivity index (χ2v) is 9.50. The molecule has 1 atom stereocenters. The lowest BCUT2D eigenvalue weighted by molar-refractivity contribution is -0.116. The number of fused-ring (bicyclic) bond motifs is 1. The number of carbonyl (C=O) groups excluding carboxylic acids is 1. The fourth-order valence-corrected chi connectivity index (χ4v) is 4.45. The Morgan fingerprint density at radius 2 is 2.10 bits per heavy atom. The number of carbonyl (C=O) groups is 1. The van der Waals surface area contributed by atoms with Crippen LogP contribution in [-0.2, 0) is 4.79 Å². The van der Waals surface area contributed by atoms with Crippen LogP contribution in [0.2, 0.25) is 5.02 Å². The van der Waals surface area contributed by atoms with E-state index in [0.29, 0.717) is 12.3 Å². The Kier molecular flexibility index (Phi) is 11.5. The van der Waals surface area contributed by atoms with Crippen molar-refractivity contribution in [2.45, 2.75) is 31.7 Å². The average Bonchev–Trinajstić information content (AvgIpc) is 2.98. The number of halogens is 2. The molecule has 1 aliphatic heterocycles. The molecule has 1 amide bonds. The highest BCUT2D eigenvalue weighted by molar-refractivity contribution is 6.31. The Balaban J connectivity index is 1.88. The number of nitrogens with two attached hydrogens (primary N) is 2. The topological polar surface area (TPSA) is 169 Å². The van der Waals surface area contributed by atoms with Gasteiger partial charge in [0.2, 0.25) is 5.91 Å². The monoisotopic (exact) mass is 580 g/mol. The van der Waals surface area contributed by atoms with Crippen LogP contribution in [0, 0.1) is 17.1 Å². The molecule has 0 aliphatic carbocycles. The molecule has 2 aromatic carbocycles. The van der Waals surface area contributed by atoms with E-state index in [1.54, 1.807) is 13.1 Å². The lowest BCUT2D eigenvalue weighted by Gasteiger charge is -2.21. The summed E-state index contributed by atoms with van der Waals surface area (Å²) in [6.07, 6.45) is 8.44. The first-order chi connectivity index (χ1) is 19.8. The molecule has 0 fully saturated rings. The van der Waals surface area contributed by atoms with Crippen molar-refractivity contribution in [1.82, 2.24) is 10.6 Å². The number of hydrazine groups is 1. The molecule has 0 unspecified atom stereocenters. The second kappa shape index (κ2) is 15.3. The normalized spacial score (nSPS) is 18.5. The minimum Gasteiger partial charge on any atom is -0.388 e. The maximum absolute atomic E-state index is 14.9. The van der Waals surface area contributed by atoms with Gasteiger partial charge in [-0.15, -0.1) is 0 Å². The van der Waals surface area contributed by atoms with Gasteiger partial charge in [-0.1, -0.05) is 30.5 Å². The zero-order valence-electron chi connectivity index (χ0n) is 22.9. The van der Waals surface area contributed by atoms with Crippen molar-refractivity contribution in [2.24, 2.45) is 21.8 Å². The van der Waals surface area contributed by atoms with Crippen LogP contribution in [0.25, 0.3) is 12.2 Å². The summed E-state index contributed by atoms with van der Waals surface area (Å²) < 4.78 is 14.9. The van der Waals surface area contributed by atoms with Crippen molar-refractivity contribution in [1.29, 1.82) is 5.26 Å². The lowest BCUT2D eigenvalue weighted by Crippen LogP contribution is -2.46. The number of hydrogen-bond donors (Lipinski definition) is 6. The van der Waals surface area contributed by atoms with Gasteiger partial charge in [0.15, 0.2) is 5.82 Å². The van der Waals surface area contributed by atoms with E-state index in [4.69, 9.17) is 23.3 Å². The van der Waals surface area contributed by atoms with Crippen LogP contribution in [0.4, 0.5) is 21.5 Å². The molecule has 8 N–H and O–H groups in total. The van der Waals surface area contributed by atoms with Crippen molar-refractivity contribution >= 4 is 58.9 Å². The zero-order chi connectivity index (χ0) is 29.8. The number of allylic oxidation sites excluding steroid dienone is 1. The summed E-state index contributed by atoms with van der Waals surface area (Å²) in [6, 6.07) is 10.3. The third kappa shape index (κ3) is 8.44. The molecule has 2 aromatic rings. The van der Waals surface area contributed by atoms with Crippen molar-refractivity contribution in [3.63, 3.8) is 0 Å². The van der Waals surface area contributed by atoms with Crippen molar-refractivity contribution < 1.29 is 9.18 Å². The molecular weight excluding hydrogens is 547 g/mol. The molecule has 0 radical (unpaired) electrons. The number of aliphatic imine (C=N–C) groups is 1. The van der Waals surface area contributed by atoms with Gasteiger partial charge >= 0.3 is 0 Å². The number of benzene rings is 2. The number of rotatable bonds is 6. The number of anilines is 3. The molecular formula is C28H34ClFN10O.